The Hall–Kier alpha value is -4.39. The topological polar surface area (TPSA) is 128 Å². The third-order valence-electron chi connectivity index (χ3n) is 5.15. The van der Waals surface area contributed by atoms with Gasteiger partial charge in [0.2, 0.25) is 5.95 Å². The van der Waals surface area contributed by atoms with Crippen molar-refractivity contribution in [3.63, 3.8) is 0 Å². The summed E-state index contributed by atoms with van der Waals surface area (Å²) in [7, 11) is 1.76. The fourth-order valence-corrected chi connectivity index (χ4v) is 3.84. The molecule has 0 amide bonds. The zero-order valence-electron chi connectivity index (χ0n) is 18.0. The first-order valence-corrected chi connectivity index (χ1v) is 10.6. The molecular weight excluding hydrogens is 484 g/mol. The summed E-state index contributed by atoms with van der Waals surface area (Å²) < 4.78 is 31.2. The number of aryl methyl sites for hydroxylation is 1. The lowest BCUT2D eigenvalue weighted by atomic mass is 10.2. The molecule has 0 atom stereocenters. The highest BCUT2D eigenvalue weighted by Gasteiger charge is 2.17. The van der Waals surface area contributed by atoms with Crippen LogP contribution in [0.15, 0.2) is 52.3 Å². The summed E-state index contributed by atoms with van der Waals surface area (Å²) in [4.78, 5) is 30.1. The number of nitrogens with one attached hydrogen (secondary N) is 2. The molecule has 2 N–H and O–H groups in total. The van der Waals surface area contributed by atoms with Gasteiger partial charge in [-0.05, 0) is 29.8 Å². The Morgan fingerprint density at radius 3 is 2.54 bits per heavy atom. The molecule has 0 aliphatic rings. The monoisotopic (exact) mass is 499 g/mol. The molecule has 0 aliphatic heterocycles. The minimum atomic E-state index is -0.860. The molecule has 5 aromatic rings. The molecular formula is C21H16ClF2N9O2. The predicted octanol–water partition coefficient (Wildman–Crippen LogP) is 2.18. The third-order valence-corrected chi connectivity index (χ3v) is 5.46. The first-order chi connectivity index (χ1) is 16.8. The lowest BCUT2D eigenvalue weighted by Crippen LogP contribution is -2.43. The van der Waals surface area contributed by atoms with Gasteiger partial charge >= 0.3 is 11.4 Å². The Kier molecular flexibility index (Phi) is 5.61. The molecule has 0 aliphatic carbocycles. The molecule has 0 unspecified atom stereocenters. The van der Waals surface area contributed by atoms with Crippen LogP contribution >= 0.6 is 11.6 Å². The third kappa shape index (κ3) is 4.53. The molecule has 35 heavy (non-hydrogen) atoms. The smallest absolute Gasteiger partial charge is 0.324 e. The van der Waals surface area contributed by atoms with Crippen LogP contribution in [0.3, 0.4) is 0 Å². The molecule has 0 saturated heterocycles. The summed E-state index contributed by atoms with van der Waals surface area (Å²) in [5.74, 6) is -1.78. The molecule has 178 valence electrons. The van der Waals surface area contributed by atoms with Crippen LogP contribution in [0.1, 0.15) is 11.3 Å². The van der Waals surface area contributed by atoms with Crippen LogP contribution in [0.25, 0.3) is 10.9 Å². The molecule has 2 aromatic carbocycles. The molecule has 14 heteroatoms. The number of fused-ring (bicyclic) bond motifs is 1. The Labute approximate surface area is 199 Å². The number of halogens is 3. The van der Waals surface area contributed by atoms with E-state index in [-0.39, 0.29) is 29.6 Å². The van der Waals surface area contributed by atoms with E-state index >= 15 is 0 Å². The van der Waals surface area contributed by atoms with Gasteiger partial charge in [-0.15, -0.1) is 0 Å². The fourth-order valence-electron chi connectivity index (χ4n) is 3.64. The molecule has 0 bridgehead atoms. The van der Waals surface area contributed by atoms with Gasteiger partial charge in [0.15, 0.2) is 0 Å². The number of aromatic amines is 1. The highest BCUT2D eigenvalue weighted by Crippen LogP contribution is 2.29. The molecule has 0 saturated carbocycles. The second-order valence-corrected chi connectivity index (χ2v) is 8.14. The quantitative estimate of drug-likeness (QED) is 0.366. The number of aromatic nitrogens is 8. The second kappa shape index (κ2) is 8.76. The summed E-state index contributed by atoms with van der Waals surface area (Å²) in [5, 5.41) is 18.1. The zero-order chi connectivity index (χ0) is 24.7. The van der Waals surface area contributed by atoms with Crippen molar-refractivity contribution < 1.29 is 8.78 Å². The van der Waals surface area contributed by atoms with Gasteiger partial charge in [0.05, 0.1) is 35.5 Å². The number of hydrogen-bond acceptors (Lipinski definition) is 7. The van der Waals surface area contributed by atoms with Gasteiger partial charge in [0, 0.05) is 24.7 Å². The normalized spacial score (nSPS) is 11.3. The van der Waals surface area contributed by atoms with Gasteiger partial charge in [0.1, 0.15) is 17.3 Å². The van der Waals surface area contributed by atoms with Gasteiger partial charge in [-0.3, -0.25) is 9.25 Å². The maximum atomic E-state index is 13.8. The van der Waals surface area contributed by atoms with Gasteiger partial charge in [-0.1, -0.05) is 11.6 Å². The largest absolute Gasteiger partial charge is 0.355 e. The molecule has 0 radical (unpaired) electrons. The molecule has 11 nitrogen and oxygen atoms in total. The average Bonchev–Trinajstić information content (AvgIpc) is 3.42. The predicted molar refractivity (Wildman–Crippen MR) is 123 cm³/mol. The van der Waals surface area contributed by atoms with Crippen LogP contribution in [-0.2, 0) is 20.1 Å². The Bertz CT molecular complexity index is 1650. The van der Waals surface area contributed by atoms with Crippen molar-refractivity contribution in [2.75, 3.05) is 5.32 Å². The summed E-state index contributed by atoms with van der Waals surface area (Å²) >= 11 is 6.39. The van der Waals surface area contributed by atoms with Crippen molar-refractivity contribution in [1.82, 2.24) is 39.3 Å². The molecule has 5 rings (SSSR count). The Balaban J connectivity index is 1.63. The number of benzene rings is 2. The first-order valence-electron chi connectivity index (χ1n) is 10.2. The van der Waals surface area contributed by atoms with E-state index in [2.05, 4.69) is 30.8 Å². The van der Waals surface area contributed by atoms with Crippen LogP contribution in [0, 0.1) is 11.6 Å². The standard InChI is InChI=1S/C21H16ClF2N9O2/c1-31-9-12-4-18(16(22)6-17(12)29-31)26-19-27-20(34)33(10-15-7-25-30-28-15)21(35)32(19)8-11-2-13(23)5-14(24)3-11/h2-7,9H,8,10H2,1H3,(H,25,28,30)(H,26,27,34). The minimum Gasteiger partial charge on any atom is -0.324 e. The van der Waals surface area contributed by atoms with E-state index in [4.69, 9.17) is 11.6 Å². The average molecular weight is 500 g/mol. The summed E-state index contributed by atoms with van der Waals surface area (Å²) in [6, 6.07) is 6.19. The summed E-state index contributed by atoms with van der Waals surface area (Å²) in [5.41, 5.74) is -0.173. The minimum absolute atomic E-state index is 0.148. The van der Waals surface area contributed by atoms with E-state index in [9.17, 15) is 18.4 Å². The van der Waals surface area contributed by atoms with Crippen molar-refractivity contribution in [3.05, 3.63) is 91.6 Å². The lowest BCUT2D eigenvalue weighted by Gasteiger charge is -2.16. The second-order valence-electron chi connectivity index (χ2n) is 7.73. The van der Waals surface area contributed by atoms with Crippen LogP contribution in [0.2, 0.25) is 5.02 Å². The van der Waals surface area contributed by atoms with Crippen LogP contribution in [-0.4, -0.2) is 39.3 Å². The van der Waals surface area contributed by atoms with Crippen LogP contribution < -0.4 is 16.7 Å². The van der Waals surface area contributed by atoms with Gasteiger partial charge in [0.25, 0.3) is 0 Å². The van der Waals surface area contributed by atoms with E-state index in [0.717, 1.165) is 32.7 Å². The number of nitrogens with zero attached hydrogens (tertiary/aromatic N) is 7. The van der Waals surface area contributed by atoms with Gasteiger partial charge < -0.3 is 5.32 Å². The lowest BCUT2D eigenvalue weighted by molar-refractivity contribution is 0.564. The van der Waals surface area contributed by atoms with Gasteiger partial charge in [-0.2, -0.15) is 25.5 Å². The first kappa shape index (κ1) is 22.4. The molecule has 3 aromatic heterocycles. The highest BCUT2D eigenvalue weighted by molar-refractivity contribution is 6.34. The van der Waals surface area contributed by atoms with E-state index in [1.165, 1.54) is 6.20 Å². The number of rotatable bonds is 6. The van der Waals surface area contributed by atoms with Crippen molar-refractivity contribution in [1.29, 1.82) is 0 Å². The SMILES string of the molecule is Cn1cc2cc(Nc3nc(=O)n(Cc4cn[nH]n4)c(=O)n3Cc3cc(F)cc(F)c3)c(Cl)cc2n1. The van der Waals surface area contributed by atoms with Gasteiger partial charge in [-0.25, -0.2) is 22.9 Å². The summed E-state index contributed by atoms with van der Waals surface area (Å²) in [6.45, 7) is -0.490. The molecule has 3 heterocycles. The summed E-state index contributed by atoms with van der Waals surface area (Å²) in [6.07, 6.45) is 3.12. The van der Waals surface area contributed by atoms with Crippen molar-refractivity contribution in [2.45, 2.75) is 13.1 Å². The molecule has 0 spiro atoms. The van der Waals surface area contributed by atoms with Crippen molar-refractivity contribution in [3.8, 4) is 0 Å². The van der Waals surface area contributed by atoms with Crippen molar-refractivity contribution in [2.24, 2.45) is 7.05 Å². The van der Waals surface area contributed by atoms with Crippen molar-refractivity contribution >= 4 is 34.1 Å². The molecule has 0 fully saturated rings. The number of anilines is 2. The van der Waals surface area contributed by atoms with E-state index in [1.807, 2.05) is 0 Å². The number of hydrogen-bond donors (Lipinski definition) is 2. The van der Waals surface area contributed by atoms with Crippen LogP contribution in [0.5, 0.6) is 0 Å². The van der Waals surface area contributed by atoms with E-state index < -0.39 is 23.0 Å². The maximum Gasteiger partial charge on any atom is 0.355 e. The zero-order valence-corrected chi connectivity index (χ0v) is 18.8. The van der Waals surface area contributed by atoms with Crippen LogP contribution in [0.4, 0.5) is 20.4 Å². The Morgan fingerprint density at radius 1 is 1.06 bits per heavy atom. The van der Waals surface area contributed by atoms with E-state index in [0.29, 0.717) is 16.9 Å². The highest BCUT2D eigenvalue weighted by atomic mass is 35.5. The maximum absolute atomic E-state index is 13.8. The fraction of sp³-hybridized carbons (Fsp3) is 0.143. The number of H-pyrrole nitrogens is 1. The van der Waals surface area contributed by atoms with E-state index in [1.54, 1.807) is 30.1 Å². The Morgan fingerprint density at radius 2 is 1.83 bits per heavy atom.